The number of nitrogens with zero attached hydrogens (tertiary/aromatic N) is 5. The Bertz CT molecular complexity index is 1170. The van der Waals surface area contributed by atoms with Gasteiger partial charge >= 0.3 is 6.18 Å². The second-order valence-corrected chi connectivity index (χ2v) is 7.39. The molecule has 0 atom stereocenters. The van der Waals surface area contributed by atoms with E-state index in [1.54, 1.807) is 24.7 Å². The van der Waals surface area contributed by atoms with Gasteiger partial charge in [0, 0.05) is 30.7 Å². The molecule has 1 saturated carbocycles. The summed E-state index contributed by atoms with van der Waals surface area (Å²) >= 11 is 0. The molecule has 3 aromatic heterocycles. The van der Waals surface area contributed by atoms with Crippen LogP contribution in [-0.2, 0) is 19.3 Å². The molecule has 29 heavy (non-hydrogen) atoms. The molecule has 4 aromatic rings. The maximum atomic E-state index is 13.1. The molecule has 0 radical (unpaired) electrons. The summed E-state index contributed by atoms with van der Waals surface area (Å²) in [5.74, 6) is 1.95. The van der Waals surface area contributed by atoms with E-state index in [9.17, 15) is 13.2 Å². The van der Waals surface area contributed by atoms with Crippen molar-refractivity contribution >= 4 is 11.2 Å². The molecule has 1 aliphatic carbocycles. The lowest BCUT2D eigenvalue weighted by Gasteiger charge is -2.12. The number of alkyl halides is 3. The van der Waals surface area contributed by atoms with Gasteiger partial charge in [-0.25, -0.2) is 15.0 Å². The third kappa shape index (κ3) is 3.50. The Morgan fingerprint density at radius 3 is 2.69 bits per heavy atom. The average molecular weight is 397 g/mol. The van der Waals surface area contributed by atoms with Crippen molar-refractivity contribution in [3.63, 3.8) is 0 Å². The van der Waals surface area contributed by atoms with Gasteiger partial charge in [0.15, 0.2) is 5.65 Å². The minimum absolute atomic E-state index is 0.411. The molecule has 0 bridgehead atoms. The fourth-order valence-corrected chi connectivity index (χ4v) is 3.56. The van der Waals surface area contributed by atoms with Gasteiger partial charge in [-0.1, -0.05) is 12.1 Å². The van der Waals surface area contributed by atoms with E-state index in [2.05, 4.69) is 14.5 Å². The fourth-order valence-electron chi connectivity index (χ4n) is 3.56. The number of hydrogen-bond donors (Lipinski definition) is 0. The third-order valence-corrected chi connectivity index (χ3v) is 5.20. The van der Waals surface area contributed by atoms with Crippen molar-refractivity contribution in [3.8, 4) is 11.4 Å². The van der Waals surface area contributed by atoms with Crippen LogP contribution in [0.2, 0.25) is 0 Å². The number of rotatable bonds is 5. The van der Waals surface area contributed by atoms with Crippen LogP contribution in [0.15, 0.2) is 55.0 Å². The smallest absolute Gasteiger partial charge is 0.323 e. The molecule has 0 amide bonds. The first-order chi connectivity index (χ1) is 14.0. The maximum Gasteiger partial charge on any atom is 0.416 e. The van der Waals surface area contributed by atoms with Gasteiger partial charge in [-0.15, -0.1) is 0 Å². The standard InChI is InChI=1S/C21H18F3N5/c22-21(23,24)16-4-1-3-15(11-16)19-26-9-10-28(19)13-18-27-17-5-2-8-25-20(17)29(18)12-14-6-7-14/h1-5,8-11,14H,6-7,12-13H2. The Kier molecular flexibility index (Phi) is 4.15. The number of pyridine rings is 1. The van der Waals surface area contributed by atoms with E-state index in [0.29, 0.717) is 23.9 Å². The Morgan fingerprint density at radius 1 is 1.03 bits per heavy atom. The number of aromatic nitrogens is 5. The Morgan fingerprint density at radius 2 is 1.90 bits per heavy atom. The van der Waals surface area contributed by atoms with Crippen molar-refractivity contribution in [1.29, 1.82) is 0 Å². The number of imidazole rings is 2. The summed E-state index contributed by atoms with van der Waals surface area (Å²) in [7, 11) is 0. The second kappa shape index (κ2) is 6.72. The predicted molar refractivity (Wildman–Crippen MR) is 102 cm³/mol. The average Bonchev–Trinajstić information content (AvgIpc) is 3.30. The molecule has 1 aromatic carbocycles. The Balaban J connectivity index is 1.53. The topological polar surface area (TPSA) is 48.5 Å². The van der Waals surface area contributed by atoms with E-state index in [4.69, 9.17) is 4.98 Å². The lowest BCUT2D eigenvalue weighted by atomic mass is 10.1. The zero-order valence-electron chi connectivity index (χ0n) is 15.5. The van der Waals surface area contributed by atoms with E-state index in [-0.39, 0.29) is 0 Å². The lowest BCUT2D eigenvalue weighted by molar-refractivity contribution is -0.137. The highest BCUT2D eigenvalue weighted by Gasteiger charge is 2.31. The number of benzene rings is 1. The van der Waals surface area contributed by atoms with Crippen molar-refractivity contribution in [1.82, 2.24) is 24.1 Å². The summed E-state index contributed by atoms with van der Waals surface area (Å²) in [6, 6.07) is 9.03. The third-order valence-electron chi connectivity index (χ3n) is 5.20. The first kappa shape index (κ1) is 17.9. The van der Waals surface area contributed by atoms with Crippen LogP contribution in [0.5, 0.6) is 0 Å². The number of halogens is 3. The molecule has 0 N–H and O–H groups in total. The van der Waals surface area contributed by atoms with Gasteiger partial charge in [-0.2, -0.15) is 13.2 Å². The minimum Gasteiger partial charge on any atom is -0.323 e. The molecule has 1 fully saturated rings. The normalized spacial score (nSPS) is 14.6. The first-order valence-corrected chi connectivity index (χ1v) is 9.48. The summed E-state index contributed by atoms with van der Waals surface area (Å²) in [6.45, 7) is 1.27. The van der Waals surface area contributed by atoms with Crippen molar-refractivity contribution in [2.75, 3.05) is 0 Å². The van der Waals surface area contributed by atoms with Crippen molar-refractivity contribution < 1.29 is 13.2 Å². The minimum atomic E-state index is -4.39. The van der Waals surface area contributed by atoms with Crippen molar-refractivity contribution in [2.24, 2.45) is 5.92 Å². The van der Waals surface area contributed by atoms with Gasteiger partial charge in [0.05, 0.1) is 12.1 Å². The molecule has 0 saturated heterocycles. The summed E-state index contributed by atoms with van der Waals surface area (Å²) in [5, 5.41) is 0. The van der Waals surface area contributed by atoms with Crippen LogP contribution in [0.25, 0.3) is 22.6 Å². The second-order valence-electron chi connectivity index (χ2n) is 7.39. The maximum absolute atomic E-state index is 13.1. The lowest BCUT2D eigenvalue weighted by Crippen LogP contribution is -2.11. The van der Waals surface area contributed by atoms with Gasteiger partial charge in [-0.3, -0.25) is 0 Å². The van der Waals surface area contributed by atoms with Crippen LogP contribution in [-0.4, -0.2) is 24.1 Å². The summed E-state index contributed by atoms with van der Waals surface area (Å²) in [4.78, 5) is 13.5. The van der Waals surface area contributed by atoms with E-state index >= 15 is 0 Å². The SMILES string of the molecule is FC(F)(F)c1cccc(-c2nccn2Cc2nc3cccnc3n2CC2CC2)c1. The van der Waals surface area contributed by atoms with E-state index < -0.39 is 11.7 Å². The van der Waals surface area contributed by atoms with Gasteiger partial charge in [0.2, 0.25) is 0 Å². The van der Waals surface area contributed by atoms with Gasteiger partial charge in [-0.05, 0) is 43.0 Å². The fraction of sp³-hybridized carbons (Fsp3) is 0.286. The molecule has 0 spiro atoms. The van der Waals surface area contributed by atoms with E-state index in [0.717, 1.165) is 35.7 Å². The van der Waals surface area contributed by atoms with Crippen LogP contribution >= 0.6 is 0 Å². The molecule has 0 unspecified atom stereocenters. The number of fused-ring (bicyclic) bond motifs is 1. The highest BCUT2D eigenvalue weighted by molar-refractivity contribution is 5.71. The van der Waals surface area contributed by atoms with Crippen LogP contribution in [0.4, 0.5) is 13.2 Å². The number of hydrogen-bond acceptors (Lipinski definition) is 3. The van der Waals surface area contributed by atoms with Gasteiger partial charge in [0.1, 0.15) is 17.2 Å². The predicted octanol–water partition coefficient (Wildman–Crippen LogP) is 4.77. The molecule has 5 nitrogen and oxygen atoms in total. The van der Waals surface area contributed by atoms with Crippen LogP contribution in [0, 0.1) is 5.92 Å². The molecule has 0 aliphatic heterocycles. The molecule has 3 heterocycles. The molecular formula is C21H18F3N5. The molecule has 5 rings (SSSR count). The van der Waals surface area contributed by atoms with Crippen molar-refractivity contribution in [3.05, 3.63) is 66.4 Å². The summed E-state index contributed by atoms with van der Waals surface area (Å²) in [5.41, 5.74) is 1.40. The highest BCUT2D eigenvalue weighted by Crippen LogP contribution is 2.33. The highest BCUT2D eigenvalue weighted by atomic mass is 19.4. The zero-order chi connectivity index (χ0) is 20.0. The molecular weight excluding hydrogens is 379 g/mol. The summed E-state index contributed by atoms with van der Waals surface area (Å²) < 4.78 is 43.3. The first-order valence-electron chi connectivity index (χ1n) is 9.48. The van der Waals surface area contributed by atoms with Gasteiger partial charge in [0.25, 0.3) is 0 Å². The zero-order valence-corrected chi connectivity index (χ0v) is 15.5. The monoisotopic (exact) mass is 397 g/mol. The quantitative estimate of drug-likeness (QED) is 0.487. The molecule has 148 valence electrons. The van der Waals surface area contributed by atoms with E-state index in [1.165, 1.54) is 18.9 Å². The van der Waals surface area contributed by atoms with E-state index in [1.807, 2.05) is 16.7 Å². The van der Waals surface area contributed by atoms with Crippen LogP contribution < -0.4 is 0 Å². The Hall–Kier alpha value is -3.16. The van der Waals surface area contributed by atoms with Crippen LogP contribution in [0.3, 0.4) is 0 Å². The van der Waals surface area contributed by atoms with Crippen LogP contribution in [0.1, 0.15) is 24.2 Å². The Labute approximate surface area is 164 Å². The van der Waals surface area contributed by atoms with Gasteiger partial charge < -0.3 is 9.13 Å². The molecule has 1 aliphatic rings. The summed E-state index contributed by atoms with van der Waals surface area (Å²) in [6.07, 6.45) is 3.13. The largest absolute Gasteiger partial charge is 0.416 e. The molecule has 8 heteroatoms. The van der Waals surface area contributed by atoms with Crippen molar-refractivity contribution in [2.45, 2.75) is 32.1 Å².